The lowest BCUT2D eigenvalue weighted by atomic mass is 10.0. The standard InChI is InChI=1S/C24H19FN2O3S/c25-20-11-13-21(14-12-20)31(29,30)27-23-8-4-3-7-22(23)26-24(28)16-17-9-10-18-5-1-2-6-19(18)15-17/h1-15,27H,16H2,(H,26,28). The Morgan fingerprint density at radius 2 is 1.42 bits per heavy atom. The van der Waals surface area contributed by atoms with Crippen molar-refractivity contribution in [3.63, 3.8) is 0 Å². The largest absolute Gasteiger partial charge is 0.324 e. The Bertz CT molecular complexity index is 1350. The molecule has 2 N–H and O–H groups in total. The van der Waals surface area contributed by atoms with Crippen molar-refractivity contribution in [3.8, 4) is 0 Å². The number of hydrogen-bond acceptors (Lipinski definition) is 3. The molecule has 1 amide bonds. The summed E-state index contributed by atoms with van der Waals surface area (Å²) in [4.78, 5) is 12.5. The molecule has 0 heterocycles. The van der Waals surface area contributed by atoms with Crippen molar-refractivity contribution in [1.82, 2.24) is 0 Å². The second kappa shape index (κ2) is 8.57. The molecule has 156 valence electrons. The highest BCUT2D eigenvalue weighted by atomic mass is 32.2. The number of anilines is 2. The SMILES string of the molecule is O=C(Cc1ccc2ccccc2c1)Nc1ccccc1NS(=O)(=O)c1ccc(F)cc1. The van der Waals surface area contributed by atoms with Gasteiger partial charge in [-0.1, -0.05) is 54.6 Å². The van der Waals surface area contributed by atoms with E-state index >= 15 is 0 Å². The Labute approximate surface area is 179 Å². The maximum absolute atomic E-state index is 13.1. The molecule has 31 heavy (non-hydrogen) atoms. The average molecular weight is 434 g/mol. The summed E-state index contributed by atoms with van der Waals surface area (Å²) in [6.07, 6.45) is 0.143. The molecule has 0 spiro atoms. The predicted molar refractivity (Wildman–Crippen MR) is 120 cm³/mol. The highest BCUT2D eigenvalue weighted by molar-refractivity contribution is 7.92. The van der Waals surface area contributed by atoms with E-state index in [4.69, 9.17) is 0 Å². The van der Waals surface area contributed by atoms with Gasteiger partial charge in [0.1, 0.15) is 5.82 Å². The number of fused-ring (bicyclic) bond motifs is 1. The molecule has 0 atom stereocenters. The monoisotopic (exact) mass is 434 g/mol. The summed E-state index contributed by atoms with van der Waals surface area (Å²) in [6.45, 7) is 0. The minimum atomic E-state index is -3.94. The van der Waals surface area contributed by atoms with Crippen LogP contribution in [0.3, 0.4) is 0 Å². The van der Waals surface area contributed by atoms with Crippen molar-refractivity contribution in [2.75, 3.05) is 10.0 Å². The molecule has 0 aromatic heterocycles. The zero-order chi connectivity index (χ0) is 21.8. The number of carbonyl (C=O) groups is 1. The van der Waals surface area contributed by atoms with Crippen LogP contribution in [-0.4, -0.2) is 14.3 Å². The average Bonchev–Trinajstić information content (AvgIpc) is 2.75. The number of halogens is 1. The van der Waals surface area contributed by atoms with Crippen molar-refractivity contribution >= 4 is 38.1 Å². The minimum absolute atomic E-state index is 0.0776. The molecule has 0 saturated heterocycles. The van der Waals surface area contributed by atoms with Crippen LogP contribution in [0.1, 0.15) is 5.56 Å². The van der Waals surface area contributed by atoms with Gasteiger partial charge in [0.15, 0.2) is 0 Å². The maximum atomic E-state index is 13.1. The number of hydrogen-bond donors (Lipinski definition) is 2. The zero-order valence-electron chi connectivity index (χ0n) is 16.4. The Morgan fingerprint density at radius 3 is 2.16 bits per heavy atom. The highest BCUT2D eigenvalue weighted by Gasteiger charge is 2.17. The topological polar surface area (TPSA) is 75.3 Å². The fraction of sp³-hybridized carbons (Fsp3) is 0.0417. The van der Waals surface area contributed by atoms with Crippen molar-refractivity contribution < 1.29 is 17.6 Å². The summed E-state index contributed by atoms with van der Waals surface area (Å²) in [7, 11) is -3.94. The van der Waals surface area contributed by atoms with E-state index in [1.165, 1.54) is 12.1 Å². The fourth-order valence-corrected chi connectivity index (χ4v) is 4.31. The Hall–Kier alpha value is -3.71. The number of benzene rings is 4. The van der Waals surface area contributed by atoms with Crippen LogP contribution in [0.5, 0.6) is 0 Å². The summed E-state index contributed by atoms with van der Waals surface area (Å²) < 4.78 is 40.8. The van der Waals surface area contributed by atoms with Gasteiger partial charge in [0, 0.05) is 0 Å². The van der Waals surface area contributed by atoms with E-state index in [2.05, 4.69) is 10.0 Å². The lowest BCUT2D eigenvalue weighted by Crippen LogP contribution is -2.18. The van der Waals surface area contributed by atoms with Gasteiger partial charge in [-0.2, -0.15) is 0 Å². The van der Waals surface area contributed by atoms with E-state index in [0.717, 1.165) is 28.5 Å². The molecule has 0 saturated carbocycles. The number of rotatable bonds is 6. The van der Waals surface area contributed by atoms with Gasteiger partial charge in [-0.25, -0.2) is 12.8 Å². The molecule has 0 fully saturated rings. The van der Waals surface area contributed by atoms with Gasteiger partial charge >= 0.3 is 0 Å². The summed E-state index contributed by atoms with van der Waals surface area (Å²) in [5, 5.41) is 4.90. The van der Waals surface area contributed by atoms with Gasteiger partial charge in [0.05, 0.1) is 22.7 Å². The molecule has 0 bridgehead atoms. The van der Waals surface area contributed by atoms with E-state index in [9.17, 15) is 17.6 Å². The van der Waals surface area contributed by atoms with E-state index in [1.54, 1.807) is 24.3 Å². The summed E-state index contributed by atoms with van der Waals surface area (Å²) in [6, 6.07) is 24.7. The second-order valence-electron chi connectivity index (χ2n) is 7.01. The van der Waals surface area contributed by atoms with Gasteiger partial charge in [-0.3, -0.25) is 9.52 Å². The van der Waals surface area contributed by atoms with Crippen LogP contribution in [0.2, 0.25) is 0 Å². The number of para-hydroxylation sites is 2. The first-order valence-corrected chi connectivity index (χ1v) is 11.0. The molecule has 0 aliphatic heterocycles. The second-order valence-corrected chi connectivity index (χ2v) is 8.69. The summed E-state index contributed by atoms with van der Waals surface area (Å²) in [5.74, 6) is -0.802. The highest BCUT2D eigenvalue weighted by Crippen LogP contribution is 2.25. The van der Waals surface area contributed by atoms with Crippen molar-refractivity contribution in [2.45, 2.75) is 11.3 Å². The molecule has 5 nitrogen and oxygen atoms in total. The molecule has 4 aromatic rings. The first kappa shape index (κ1) is 20.6. The smallest absolute Gasteiger partial charge is 0.261 e. The molecule has 4 rings (SSSR count). The van der Waals surface area contributed by atoms with Crippen molar-refractivity contribution in [3.05, 3.63) is 102 Å². The lowest BCUT2D eigenvalue weighted by Gasteiger charge is -2.14. The quantitative estimate of drug-likeness (QED) is 0.450. The Balaban J connectivity index is 1.51. The van der Waals surface area contributed by atoms with Gasteiger partial charge in [0.25, 0.3) is 10.0 Å². The Morgan fingerprint density at radius 1 is 0.774 bits per heavy atom. The number of carbonyl (C=O) groups excluding carboxylic acids is 1. The van der Waals surface area contributed by atoms with E-state index < -0.39 is 15.8 Å². The first-order chi connectivity index (χ1) is 14.9. The maximum Gasteiger partial charge on any atom is 0.261 e. The Kier molecular flexibility index (Phi) is 5.68. The van der Waals surface area contributed by atoms with E-state index in [0.29, 0.717) is 5.69 Å². The lowest BCUT2D eigenvalue weighted by molar-refractivity contribution is -0.115. The molecule has 0 aliphatic carbocycles. The third kappa shape index (κ3) is 4.90. The molecule has 0 unspecified atom stereocenters. The zero-order valence-corrected chi connectivity index (χ0v) is 17.2. The normalized spacial score (nSPS) is 11.3. The first-order valence-electron chi connectivity index (χ1n) is 9.56. The third-order valence-corrected chi connectivity index (χ3v) is 6.13. The van der Waals surface area contributed by atoms with Crippen LogP contribution in [-0.2, 0) is 21.2 Å². The number of sulfonamides is 1. The van der Waals surface area contributed by atoms with Gasteiger partial charge in [0.2, 0.25) is 5.91 Å². The van der Waals surface area contributed by atoms with Gasteiger partial charge in [-0.05, 0) is 52.7 Å². The molecule has 4 aromatic carbocycles. The molecular weight excluding hydrogens is 415 g/mol. The number of nitrogens with one attached hydrogen (secondary N) is 2. The molecule has 0 radical (unpaired) electrons. The van der Waals surface area contributed by atoms with Crippen molar-refractivity contribution in [2.24, 2.45) is 0 Å². The van der Waals surface area contributed by atoms with Crippen LogP contribution in [0, 0.1) is 5.82 Å². The molecule has 7 heteroatoms. The van der Waals surface area contributed by atoms with Crippen molar-refractivity contribution in [1.29, 1.82) is 0 Å². The third-order valence-electron chi connectivity index (χ3n) is 4.75. The van der Waals surface area contributed by atoms with Crippen LogP contribution >= 0.6 is 0 Å². The van der Waals surface area contributed by atoms with Crippen LogP contribution in [0.15, 0.2) is 95.9 Å². The van der Waals surface area contributed by atoms with Gasteiger partial charge in [-0.15, -0.1) is 0 Å². The fourth-order valence-electron chi connectivity index (χ4n) is 3.23. The summed E-state index contributed by atoms with van der Waals surface area (Å²) >= 11 is 0. The van der Waals surface area contributed by atoms with E-state index in [1.807, 2.05) is 42.5 Å². The van der Waals surface area contributed by atoms with E-state index in [-0.39, 0.29) is 22.9 Å². The molecule has 0 aliphatic rings. The van der Waals surface area contributed by atoms with Crippen LogP contribution < -0.4 is 10.0 Å². The molecular formula is C24H19FN2O3S. The predicted octanol–water partition coefficient (Wildman–Crippen LogP) is 4.96. The van der Waals surface area contributed by atoms with Crippen LogP contribution in [0.4, 0.5) is 15.8 Å². The van der Waals surface area contributed by atoms with Crippen LogP contribution in [0.25, 0.3) is 10.8 Å². The van der Waals surface area contributed by atoms with Gasteiger partial charge < -0.3 is 5.32 Å². The summed E-state index contributed by atoms with van der Waals surface area (Å²) in [5.41, 5.74) is 1.40. The minimum Gasteiger partial charge on any atom is -0.324 e. The number of amides is 1.